The van der Waals surface area contributed by atoms with Gasteiger partial charge in [-0.15, -0.1) is 0 Å². The van der Waals surface area contributed by atoms with Crippen molar-refractivity contribution in [3.05, 3.63) is 59.5 Å². The summed E-state index contributed by atoms with van der Waals surface area (Å²) in [5.74, 6) is -0.312. The maximum atomic E-state index is 13.0. The first-order valence-corrected chi connectivity index (χ1v) is 10.9. The minimum Gasteiger partial charge on any atom is -0.463 e. The fraction of sp³-hybridized carbons (Fsp3) is 0.320. The number of hydrogen-bond donors (Lipinski definition) is 2. The number of rotatable bonds is 8. The van der Waals surface area contributed by atoms with E-state index in [9.17, 15) is 14.4 Å². The highest BCUT2D eigenvalue weighted by atomic mass is 16.5. The molecule has 0 bridgehead atoms. The molecule has 184 valence electrons. The highest BCUT2D eigenvalue weighted by molar-refractivity contribution is 6.05. The molecule has 0 radical (unpaired) electrons. The van der Waals surface area contributed by atoms with Gasteiger partial charge in [-0.2, -0.15) is 0 Å². The van der Waals surface area contributed by atoms with Crippen molar-refractivity contribution < 1.29 is 23.6 Å². The third-order valence-electron chi connectivity index (χ3n) is 5.11. The van der Waals surface area contributed by atoms with Crippen LogP contribution in [0, 0.1) is 6.92 Å². The average molecular weight is 480 g/mol. The lowest BCUT2D eigenvalue weighted by Crippen LogP contribution is -2.38. The molecule has 2 heterocycles. The minimum atomic E-state index is -0.670. The molecule has 2 aromatic heterocycles. The minimum absolute atomic E-state index is 0.100. The molecule has 3 aromatic rings. The second-order valence-corrected chi connectivity index (χ2v) is 8.98. The van der Waals surface area contributed by atoms with Gasteiger partial charge >= 0.3 is 5.97 Å². The zero-order valence-electron chi connectivity index (χ0n) is 20.6. The molecule has 0 saturated carbocycles. The smallest absolute Gasteiger partial charge is 0.302 e. The van der Waals surface area contributed by atoms with Crippen molar-refractivity contribution in [3.8, 4) is 11.1 Å². The molecule has 2 amide bonds. The van der Waals surface area contributed by atoms with Crippen LogP contribution in [0.3, 0.4) is 0 Å². The summed E-state index contributed by atoms with van der Waals surface area (Å²) in [6.45, 7) is 7.04. The molecule has 0 fully saturated rings. The molecule has 0 atom stereocenters. The summed E-state index contributed by atoms with van der Waals surface area (Å²) in [7, 11) is 3.31. The Balaban J connectivity index is 1.98. The van der Waals surface area contributed by atoms with Gasteiger partial charge in [-0.1, -0.05) is 11.2 Å². The molecule has 0 unspecified atom stereocenters. The number of pyridine rings is 1. The van der Waals surface area contributed by atoms with Gasteiger partial charge in [0.1, 0.15) is 18.7 Å². The number of hydrogen-bond acceptors (Lipinski definition) is 8. The van der Waals surface area contributed by atoms with Crippen LogP contribution >= 0.6 is 0 Å². The molecule has 0 spiro atoms. The SMILES string of the molecule is CC(=O)OCC(C)(C)Nc1ncc(-c2cc(C(=O)Nc3ccon3)ccc2C)cc1C(=O)N(C)C. The van der Waals surface area contributed by atoms with Gasteiger partial charge in [-0.25, -0.2) is 4.98 Å². The molecule has 0 saturated heterocycles. The number of aromatic nitrogens is 2. The summed E-state index contributed by atoms with van der Waals surface area (Å²) in [5.41, 5.74) is 2.43. The molecule has 35 heavy (non-hydrogen) atoms. The van der Waals surface area contributed by atoms with E-state index >= 15 is 0 Å². The van der Waals surface area contributed by atoms with Crippen molar-refractivity contribution in [1.82, 2.24) is 15.0 Å². The molecule has 0 aliphatic rings. The maximum Gasteiger partial charge on any atom is 0.302 e. The van der Waals surface area contributed by atoms with Gasteiger partial charge < -0.3 is 24.8 Å². The molecule has 2 N–H and O–H groups in total. The number of esters is 1. The van der Waals surface area contributed by atoms with Crippen molar-refractivity contribution in [2.75, 3.05) is 31.3 Å². The van der Waals surface area contributed by atoms with Gasteiger partial charge in [-0.3, -0.25) is 14.4 Å². The number of nitrogens with one attached hydrogen (secondary N) is 2. The Bertz CT molecular complexity index is 1240. The average Bonchev–Trinajstić information content (AvgIpc) is 3.30. The van der Waals surface area contributed by atoms with E-state index < -0.39 is 11.5 Å². The third-order valence-corrected chi connectivity index (χ3v) is 5.11. The lowest BCUT2D eigenvalue weighted by molar-refractivity contribution is -0.142. The van der Waals surface area contributed by atoms with Gasteiger partial charge in [0.15, 0.2) is 5.82 Å². The predicted molar refractivity (Wildman–Crippen MR) is 131 cm³/mol. The molecule has 1 aromatic carbocycles. The number of ether oxygens (including phenoxy) is 1. The van der Waals surface area contributed by atoms with Crippen LogP contribution in [0.1, 0.15) is 47.1 Å². The highest BCUT2D eigenvalue weighted by Gasteiger charge is 2.25. The van der Waals surface area contributed by atoms with Crippen LogP contribution in [0.2, 0.25) is 0 Å². The molecule has 0 aliphatic heterocycles. The number of benzene rings is 1. The summed E-state index contributed by atoms with van der Waals surface area (Å²) >= 11 is 0. The van der Waals surface area contributed by atoms with Gasteiger partial charge in [0.25, 0.3) is 11.8 Å². The zero-order valence-corrected chi connectivity index (χ0v) is 20.6. The van der Waals surface area contributed by atoms with Crippen molar-refractivity contribution in [1.29, 1.82) is 0 Å². The van der Waals surface area contributed by atoms with Crippen LogP contribution in [-0.4, -0.2) is 59.1 Å². The van der Waals surface area contributed by atoms with Gasteiger partial charge in [0, 0.05) is 44.4 Å². The first-order valence-electron chi connectivity index (χ1n) is 10.9. The maximum absolute atomic E-state index is 13.0. The number of nitrogens with zero attached hydrogens (tertiary/aromatic N) is 3. The standard InChI is InChI=1S/C25H29N5O5/c1-15-7-8-17(23(32)27-21-9-10-35-29-21)11-19(15)18-12-20(24(33)30(5)6)22(26-13-18)28-25(3,4)14-34-16(2)31/h7-13H,14H2,1-6H3,(H,26,28)(H,27,29,32). The molecule has 10 nitrogen and oxygen atoms in total. The van der Waals surface area contributed by atoms with E-state index in [4.69, 9.17) is 9.26 Å². The Labute approximate surface area is 203 Å². The lowest BCUT2D eigenvalue weighted by Gasteiger charge is -2.28. The summed E-state index contributed by atoms with van der Waals surface area (Å²) in [4.78, 5) is 42.9. The monoisotopic (exact) mass is 479 g/mol. The number of carbonyl (C=O) groups is 3. The molecule has 0 aliphatic carbocycles. The summed E-state index contributed by atoms with van der Waals surface area (Å²) in [6, 6.07) is 8.56. The van der Waals surface area contributed by atoms with Crippen LogP contribution in [-0.2, 0) is 9.53 Å². The Morgan fingerprint density at radius 3 is 2.51 bits per heavy atom. The molecular formula is C25H29N5O5. The summed E-state index contributed by atoms with van der Waals surface area (Å²) in [5, 5.41) is 9.57. The van der Waals surface area contributed by atoms with Gasteiger partial charge in [0.05, 0.1) is 11.1 Å². The normalized spacial score (nSPS) is 11.0. The lowest BCUT2D eigenvalue weighted by atomic mass is 9.97. The molecule has 3 rings (SSSR count). The largest absolute Gasteiger partial charge is 0.463 e. The Hall–Kier alpha value is -4.21. The van der Waals surface area contributed by atoms with E-state index in [1.807, 2.05) is 26.8 Å². The Morgan fingerprint density at radius 1 is 1.14 bits per heavy atom. The van der Waals surface area contributed by atoms with Crippen LogP contribution < -0.4 is 10.6 Å². The fourth-order valence-electron chi connectivity index (χ4n) is 3.29. The first-order chi connectivity index (χ1) is 16.5. The third kappa shape index (κ3) is 6.44. The quantitative estimate of drug-likeness (QED) is 0.468. The predicted octanol–water partition coefficient (Wildman–Crippen LogP) is 3.75. The fourth-order valence-corrected chi connectivity index (χ4v) is 3.29. The summed E-state index contributed by atoms with van der Waals surface area (Å²) < 4.78 is 9.89. The number of anilines is 2. The first kappa shape index (κ1) is 25.4. The van der Waals surface area contributed by atoms with E-state index in [1.165, 1.54) is 18.1 Å². The highest BCUT2D eigenvalue weighted by Crippen LogP contribution is 2.29. The van der Waals surface area contributed by atoms with Crippen molar-refractivity contribution in [2.45, 2.75) is 33.2 Å². The number of carbonyl (C=O) groups excluding carboxylic acids is 3. The zero-order chi connectivity index (χ0) is 25.8. The van der Waals surface area contributed by atoms with Crippen molar-refractivity contribution in [3.63, 3.8) is 0 Å². The van der Waals surface area contributed by atoms with Gasteiger partial charge in [-0.05, 0) is 50.1 Å². The molecular weight excluding hydrogens is 450 g/mol. The van der Waals surface area contributed by atoms with E-state index in [1.54, 1.807) is 44.6 Å². The Kier molecular flexibility index (Phi) is 7.53. The number of aryl methyl sites for hydroxylation is 1. The van der Waals surface area contributed by atoms with Crippen molar-refractivity contribution in [2.24, 2.45) is 0 Å². The second-order valence-electron chi connectivity index (χ2n) is 8.98. The van der Waals surface area contributed by atoms with E-state index in [0.29, 0.717) is 28.3 Å². The van der Waals surface area contributed by atoms with Crippen LogP contribution in [0.5, 0.6) is 0 Å². The van der Waals surface area contributed by atoms with Crippen molar-refractivity contribution >= 4 is 29.4 Å². The van der Waals surface area contributed by atoms with Crippen LogP contribution in [0.4, 0.5) is 11.6 Å². The summed E-state index contributed by atoms with van der Waals surface area (Å²) in [6.07, 6.45) is 3.01. The van der Waals surface area contributed by atoms with E-state index in [-0.39, 0.29) is 18.4 Å². The van der Waals surface area contributed by atoms with Crippen LogP contribution in [0.15, 0.2) is 47.3 Å². The van der Waals surface area contributed by atoms with E-state index in [0.717, 1.165) is 11.1 Å². The van der Waals surface area contributed by atoms with Gasteiger partial charge in [0.2, 0.25) is 0 Å². The van der Waals surface area contributed by atoms with Crippen LogP contribution in [0.25, 0.3) is 11.1 Å². The topological polar surface area (TPSA) is 127 Å². The number of amides is 2. The second kappa shape index (κ2) is 10.4. The van der Waals surface area contributed by atoms with E-state index in [2.05, 4.69) is 20.8 Å². The Morgan fingerprint density at radius 2 is 1.89 bits per heavy atom. The molecule has 10 heteroatoms.